The molecule has 0 aliphatic carbocycles. The fourth-order valence-electron chi connectivity index (χ4n) is 2.55. The van der Waals surface area contributed by atoms with Crippen LogP contribution >= 0.6 is 11.3 Å². The van der Waals surface area contributed by atoms with Crippen LogP contribution < -0.4 is 10.9 Å². The third-order valence-corrected chi connectivity index (χ3v) is 4.78. The molecule has 0 aliphatic heterocycles. The summed E-state index contributed by atoms with van der Waals surface area (Å²) < 4.78 is 1.08. The molecule has 0 saturated carbocycles. The average molecular weight is 345 g/mol. The number of hydrogen-bond acceptors (Lipinski definition) is 4. The Hall–Kier alpha value is -3.18. The molecule has 0 radical (unpaired) electrons. The molecule has 0 atom stereocenters. The molecule has 0 spiro atoms. The lowest BCUT2D eigenvalue weighted by molar-refractivity contribution is 0.0962. The van der Waals surface area contributed by atoms with Gasteiger partial charge in [-0.05, 0) is 35.4 Å². The first-order valence-electron chi connectivity index (χ1n) is 7.87. The van der Waals surface area contributed by atoms with Crippen LogP contribution in [-0.4, -0.2) is 10.9 Å². The van der Waals surface area contributed by atoms with Gasteiger partial charge in [0.1, 0.15) is 0 Å². The Morgan fingerprint density at radius 3 is 2.24 bits per heavy atom. The van der Waals surface area contributed by atoms with Crippen LogP contribution in [0.5, 0.6) is 0 Å². The van der Waals surface area contributed by atoms with Gasteiger partial charge in [0.15, 0.2) is 0 Å². The topological polar surface area (TPSA) is 54.0 Å². The standard InChI is InChI=1S/C20H15N3OS/c24-19(22-23-20-21-17-8-4-5-9-18(17)25-20)16-12-10-15(11-13-16)14-6-2-1-3-7-14/h1-13H,(H,21,23)(H,22,24). The van der Waals surface area contributed by atoms with E-state index >= 15 is 0 Å². The van der Waals surface area contributed by atoms with Crippen molar-refractivity contribution < 1.29 is 4.79 Å². The number of benzene rings is 3. The van der Waals surface area contributed by atoms with Crippen LogP contribution in [0.15, 0.2) is 78.9 Å². The molecule has 0 saturated heterocycles. The maximum Gasteiger partial charge on any atom is 0.269 e. The van der Waals surface area contributed by atoms with E-state index in [9.17, 15) is 4.79 Å². The summed E-state index contributed by atoms with van der Waals surface area (Å²) in [6, 6.07) is 25.5. The van der Waals surface area contributed by atoms with Gasteiger partial charge in [0.25, 0.3) is 5.91 Å². The molecule has 1 heterocycles. The first kappa shape index (κ1) is 15.4. The van der Waals surface area contributed by atoms with Gasteiger partial charge in [0.05, 0.1) is 10.2 Å². The quantitative estimate of drug-likeness (QED) is 0.526. The van der Waals surface area contributed by atoms with Crippen LogP contribution in [0.1, 0.15) is 10.4 Å². The van der Waals surface area contributed by atoms with Crippen molar-refractivity contribution in [2.75, 3.05) is 5.43 Å². The molecule has 0 bridgehead atoms. The Labute approximate surface area is 149 Å². The fraction of sp³-hybridized carbons (Fsp3) is 0. The first-order valence-corrected chi connectivity index (χ1v) is 8.69. The van der Waals surface area contributed by atoms with E-state index in [0.29, 0.717) is 10.7 Å². The van der Waals surface area contributed by atoms with Gasteiger partial charge >= 0.3 is 0 Å². The van der Waals surface area contributed by atoms with Crippen LogP contribution in [0.2, 0.25) is 0 Å². The van der Waals surface area contributed by atoms with Crippen LogP contribution in [0.4, 0.5) is 5.13 Å². The Bertz CT molecular complexity index is 977. The van der Waals surface area contributed by atoms with Crippen LogP contribution in [0.25, 0.3) is 21.3 Å². The van der Waals surface area contributed by atoms with Gasteiger partial charge in [-0.15, -0.1) is 0 Å². The van der Waals surface area contributed by atoms with Gasteiger partial charge in [-0.2, -0.15) is 0 Å². The fourth-order valence-corrected chi connectivity index (χ4v) is 3.37. The number of thiazole rings is 1. The van der Waals surface area contributed by atoms with E-state index in [2.05, 4.69) is 15.8 Å². The highest BCUT2D eigenvalue weighted by Gasteiger charge is 2.07. The zero-order chi connectivity index (χ0) is 17.1. The van der Waals surface area contributed by atoms with Crippen molar-refractivity contribution in [3.05, 3.63) is 84.4 Å². The van der Waals surface area contributed by atoms with Gasteiger partial charge < -0.3 is 0 Å². The summed E-state index contributed by atoms with van der Waals surface area (Å²) in [5.41, 5.74) is 9.29. The second kappa shape index (κ2) is 6.75. The highest BCUT2D eigenvalue weighted by Crippen LogP contribution is 2.24. The molecule has 122 valence electrons. The highest BCUT2D eigenvalue weighted by molar-refractivity contribution is 7.22. The van der Waals surface area contributed by atoms with E-state index < -0.39 is 0 Å². The Morgan fingerprint density at radius 2 is 1.48 bits per heavy atom. The minimum atomic E-state index is -0.195. The molecule has 0 aliphatic rings. The smallest absolute Gasteiger partial charge is 0.269 e. The number of anilines is 1. The predicted molar refractivity (Wildman–Crippen MR) is 103 cm³/mol. The largest absolute Gasteiger partial charge is 0.273 e. The molecule has 4 nitrogen and oxygen atoms in total. The Morgan fingerprint density at radius 1 is 0.800 bits per heavy atom. The summed E-state index contributed by atoms with van der Waals surface area (Å²) in [6.07, 6.45) is 0. The van der Waals surface area contributed by atoms with Gasteiger partial charge in [-0.3, -0.25) is 15.6 Å². The number of carbonyl (C=O) groups is 1. The van der Waals surface area contributed by atoms with Gasteiger partial charge in [-0.25, -0.2) is 4.98 Å². The maximum absolute atomic E-state index is 12.3. The van der Waals surface area contributed by atoms with E-state index in [4.69, 9.17) is 0 Å². The number of fused-ring (bicyclic) bond motifs is 1. The van der Waals surface area contributed by atoms with E-state index in [0.717, 1.165) is 21.3 Å². The summed E-state index contributed by atoms with van der Waals surface area (Å²) in [5.74, 6) is -0.195. The van der Waals surface area contributed by atoms with Crippen LogP contribution in [0, 0.1) is 0 Å². The second-order valence-electron chi connectivity index (χ2n) is 5.51. The predicted octanol–water partition coefficient (Wildman–Crippen LogP) is 4.72. The molecule has 4 aromatic rings. The SMILES string of the molecule is O=C(NNc1nc2ccccc2s1)c1ccc(-c2ccccc2)cc1. The van der Waals surface area contributed by atoms with Crippen molar-refractivity contribution in [3.63, 3.8) is 0 Å². The number of aromatic nitrogens is 1. The lowest BCUT2D eigenvalue weighted by atomic mass is 10.0. The Kier molecular flexibility index (Phi) is 4.14. The number of nitrogens with one attached hydrogen (secondary N) is 2. The normalized spacial score (nSPS) is 10.6. The lowest BCUT2D eigenvalue weighted by Crippen LogP contribution is -2.29. The number of rotatable bonds is 4. The number of hydrogen-bond donors (Lipinski definition) is 2. The van der Waals surface area contributed by atoms with Crippen molar-refractivity contribution in [3.8, 4) is 11.1 Å². The molecule has 4 rings (SSSR count). The van der Waals surface area contributed by atoms with Gasteiger partial charge in [0.2, 0.25) is 5.13 Å². The van der Waals surface area contributed by atoms with E-state index in [1.54, 1.807) is 0 Å². The third kappa shape index (κ3) is 3.36. The molecule has 3 aromatic carbocycles. The molecule has 25 heavy (non-hydrogen) atoms. The van der Waals surface area contributed by atoms with E-state index in [-0.39, 0.29) is 5.91 Å². The average Bonchev–Trinajstić information content (AvgIpc) is 3.10. The molecular formula is C20H15N3OS. The maximum atomic E-state index is 12.3. The molecule has 2 N–H and O–H groups in total. The van der Waals surface area contributed by atoms with Crippen molar-refractivity contribution in [2.45, 2.75) is 0 Å². The van der Waals surface area contributed by atoms with Gasteiger partial charge in [0, 0.05) is 5.56 Å². The monoisotopic (exact) mass is 345 g/mol. The van der Waals surface area contributed by atoms with Gasteiger partial charge in [-0.1, -0.05) is 65.9 Å². The third-order valence-electron chi connectivity index (χ3n) is 3.83. The van der Waals surface area contributed by atoms with E-state index in [1.807, 2.05) is 78.9 Å². The zero-order valence-corrected chi connectivity index (χ0v) is 14.1. The molecule has 0 unspecified atom stereocenters. The van der Waals surface area contributed by atoms with Crippen LogP contribution in [0.3, 0.4) is 0 Å². The number of para-hydroxylation sites is 1. The molecule has 0 fully saturated rings. The molecule has 5 heteroatoms. The molecule has 1 aromatic heterocycles. The Balaban J connectivity index is 1.44. The van der Waals surface area contributed by atoms with Crippen LogP contribution in [-0.2, 0) is 0 Å². The number of hydrazine groups is 1. The summed E-state index contributed by atoms with van der Waals surface area (Å²) in [6.45, 7) is 0. The van der Waals surface area contributed by atoms with Crippen molar-refractivity contribution in [1.82, 2.24) is 10.4 Å². The second-order valence-corrected chi connectivity index (χ2v) is 6.54. The number of carbonyl (C=O) groups excluding carboxylic acids is 1. The number of nitrogens with zero attached hydrogens (tertiary/aromatic N) is 1. The minimum Gasteiger partial charge on any atom is -0.273 e. The zero-order valence-electron chi connectivity index (χ0n) is 13.3. The number of amides is 1. The molecular weight excluding hydrogens is 330 g/mol. The first-order chi connectivity index (χ1) is 12.3. The molecule has 1 amide bonds. The summed E-state index contributed by atoms with van der Waals surface area (Å²) in [7, 11) is 0. The van der Waals surface area contributed by atoms with Crippen molar-refractivity contribution in [2.24, 2.45) is 0 Å². The van der Waals surface area contributed by atoms with E-state index in [1.165, 1.54) is 11.3 Å². The van der Waals surface area contributed by atoms with Crippen molar-refractivity contribution >= 4 is 32.6 Å². The summed E-state index contributed by atoms with van der Waals surface area (Å²) in [4.78, 5) is 16.7. The summed E-state index contributed by atoms with van der Waals surface area (Å²) in [5, 5.41) is 0.662. The van der Waals surface area contributed by atoms with Crippen molar-refractivity contribution in [1.29, 1.82) is 0 Å². The highest BCUT2D eigenvalue weighted by atomic mass is 32.1. The summed E-state index contributed by atoms with van der Waals surface area (Å²) >= 11 is 1.50. The minimum absolute atomic E-state index is 0.195. The lowest BCUT2D eigenvalue weighted by Gasteiger charge is -2.06.